The zero-order valence-corrected chi connectivity index (χ0v) is 13.3. The Morgan fingerprint density at radius 1 is 1.32 bits per heavy atom. The first-order valence-corrected chi connectivity index (χ1v) is 7.36. The van der Waals surface area contributed by atoms with Gasteiger partial charge in [0.15, 0.2) is 0 Å². The largest absolute Gasteiger partial charge is 0.460 e. The molecule has 1 aromatic rings. The molecule has 0 aromatic heterocycles. The molecule has 0 saturated heterocycles. The van der Waals surface area contributed by atoms with E-state index in [9.17, 15) is 9.59 Å². The number of amidine groups is 1. The molecule has 1 atom stereocenters. The van der Waals surface area contributed by atoms with Gasteiger partial charge >= 0.3 is 5.97 Å². The quantitative estimate of drug-likeness (QED) is 0.363. The molecular weight excluding hydrogens is 282 g/mol. The van der Waals surface area contributed by atoms with Crippen LogP contribution in [0.3, 0.4) is 0 Å². The van der Waals surface area contributed by atoms with Crippen molar-refractivity contribution in [2.75, 3.05) is 6.61 Å². The molecule has 6 nitrogen and oxygen atoms in total. The standard InChI is InChI=1S/C16H23N3O3/c1-4-8-13(12-10-7-6-9-11(12)3)15(20)19-18-14(17)16(21)22-5-2/h6-7,9-10,13H,4-5,8H2,1-3H3,(H2,17,18)(H,19,20). The minimum atomic E-state index is -0.745. The second-order valence-electron chi connectivity index (χ2n) is 4.89. The van der Waals surface area contributed by atoms with Crippen LogP contribution < -0.4 is 11.2 Å². The van der Waals surface area contributed by atoms with Crippen LogP contribution in [0.1, 0.15) is 43.7 Å². The Balaban J connectivity index is 2.85. The van der Waals surface area contributed by atoms with Gasteiger partial charge in [0.1, 0.15) is 0 Å². The molecule has 1 amide bonds. The van der Waals surface area contributed by atoms with E-state index < -0.39 is 5.97 Å². The number of hydrazone groups is 1. The van der Waals surface area contributed by atoms with Crippen molar-refractivity contribution in [2.45, 2.75) is 39.5 Å². The topological polar surface area (TPSA) is 93.8 Å². The van der Waals surface area contributed by atoms with Crippen LogP contribution in [0.25, 0.3) is 0 Å². The molecule has 0 aliphatic rings. The first-order valence-electron chi connectivity index (χ1n) is 7.36. The maximum atomic E-state index is 12.3. The Hall–Kier alpha value is -2.37. The zero-order chi connectivity index (χ0) is 16.5. The molecule has 1 rings (SSSR count). The Kier molecular flexibility index (Phi) is 7.08. The zero-order valence-electron chi connectivity index (χ0n) is 13.3. The van der Waals surface area contributed by atoms with E-state index in [4.69, 9.17) is 10.5 Å². The number of aryl methyl sites for hydroxylation is 1. The number of esters is 1. The molecule has 22 heavy (non-hydrogen) atoms. The van der Waals surface area contributed by atoms with Crippen molar-refractivity contribution in [3.8, 4) is 0 Å². The summed E-state index contributed by atoms with van der Waals surface area (Å²) in [5, 5.41) is 3.62. The Bertz CT molecular complexity index is 555. The van der Waals surface area contributed by atoms with Crippen molar-refractivity contribution in [1.29, 1.82) is 0 Å². The van der Waals surface area contributed by atoms with E-state index in [1.54, 1.807) is 6.92 Å². The molecule has 1 aromatic carbocycles. The third-order valence-electron chi connectivity index (χ3n) is 3.23. The molecule has 0 fully saturated rings. The lowest BCUT2D eigenvalue weighted by molar-refractivity contribution is -0.135. The van der Waals surface area contributed by atoms with Gasteiger partial charge in [-0.3, -0.25) is 4.79 Å². The smallest absolute Gasteiger partial charge is 0.375 e. The van der Waals surface area contributed by atoms with Gasteiger partial charge in [-0.05, 0) is 31.4 Å². The summed E-state index contributed by atoms with van der Waals surface area (Å²) < 4.78 is 4.70. The molecule has 6 heteroatoms. The number of rotatable bonds is 6. The molecule has 120 valence electrons. The summed E-state index contributed by atoms with van der Waals surface area (Å²) in [7, 11) is 0. The van der Waals surface area contributed by atoms with Crippen molar-refractivity contribution in [2.24, 2.45) is 10.8 Å². The summed E-state index contributed by atoms with van der Waals surface area (Å²) in [6.07, 6.45) is 1.54. The van der Waals surface area contributed by atoms with Gasteiger partial charge in [0.25, 0.3) is 0 Å². The van der Waals surface area contributed by atoms with Gasteiger partial charge in [0.2, 0.25) is 11.7 Å². The van der Waals surface area contributed by atoms with E-state index in [0.29, 0.717) is 6.42 Å². The van der Waals surface area contributed by atoms with E-state index in [1.807, 2.05) is 38.1 Å². The van der Waals surface area contributed by atoms with Gasteiger partial charge in [-0.15, -0.1) is 5.10 Å². The fourth-order valence-corrected chi connectivity index (χ4v) is 2.14. The number of nitrogens with one attached hydrogen (secondary N) is 1. The van der Waals surface area contributed by atoms with Gasteiger partial charge in [0, 0.05) is 0 Å². The van der Waals surface area contributed by atoms with Crippen molar-refractivity contribution in [3.63, 3.8) is 0 Å². The molecule has 3 N–H and O–H groups in total. The monoisotopic (exact) mass is 305 g/mol. The first kappa shape index (κ1) is 17.7. The first-order chi connectivity index (χ1) is 10.5. The van der Waals surface area contributed by atoms with Crippen LogP contribution in [0.5, 0.6) is 0 Å². The van der Waals surface area contributed by atoms with Crippen LogP contribution in [0.15, 0.2) is 29.4 Å². The van der Waals surface area contributed by atoms with E-state index in [2.05, 4.69) is 10.5 Å². The molecule has 0 saturated carbocycles. The predicted octanol–water partition coefficient (Wildman–Crippen LogP) is 1.83. The number of benzene rings is 1. The number of ether oxygens (including phenoxy) is 1. The minimum Gasteiger partial charge on any atom is -0.460 e. The summed E-state index contributed by atoms with van der Waals surface area (Å²) in [6, 6.07) is 7.71. The van der Waals surface area contributed by atoms with Crippen molar-refractivity contribution >= 4 is 17.7 Å². The van der Waals surface area contributed by atoms with Gasteiger partial charge < -0.3 is 10.5 Å². The molecule has 0 aliphatic heterocycles. The van der Waals surface area contributed by atoms with E-state index in [1.165, 1.54) is 0 Å². The summed E-state index contributed by atoms with van der Waals surface area (Å²) in [5.41, 5.74) is 9.80. The fourth-order valence-electron chi connectivity index (χ4n) is 2.14. The fraction of sp³-hybridized carbons (Fsp3) is 0.438. The third kappa shape index (κ3) is 4.87. The lowest BCUT2D eigenvalue weighted by atomic mass is 9.90. The van der Waals surface area contributed by atoms with Crippen LogP contribution in [0, 0.1) is 6.92 Å². The number of nitrogens with two attached hydrogens (primary N) is 1. The summed E-state index contributed by atoms with van der Waals surface area (Å²) in [5.74, 6) is -1.73. The van der Waals surface area contributed by atoms with Gasteiger partial charge in [-0.1, -0.05) is 37.6 Å². The lowest BCUT2D eigenvalue weighted by Crippen LogP contribution is -2.32. The van der Waals surface area contributed by atoms with E-state index in [-0.39, 0.29) is 24.3 Å². The second-order valence-corrected chi connectivity index (χ2v) is 4.89. The van der Waals surface area contributed by atoms with Crippen LogP contribution in [0.2, 0.25) is 0 Å². The molecule has 0 heterocycles. The van der Waals surface area contributed by atoms with Gasteiger partial charge in [0.05, 0.1) is 12.5 Å². The predicted molar refractivity (Wildman–Crippen MR) is 85.2 cm³/mol. The maximum absolute atomic E-state index is 12.3. The van der Waals surface area contributed by atoms with Crippen molar-refractivity contribution < 1.29 is 14.3 Å². The third-order valence-corrected chi connectivity index (χ3v) is 3.23. The highest BCUT2D eigenvalue weighted by molar-refractivity contribution is 6.34. The van der Waals surface area contributed by atoms with Crippen LogP contribution >= 0.6 is 0 Å². The van der Waals surface area contributed by atoms with Crippen LogP contribution in [0.4, 0.5) is 0 Å². The Morgan fingerprint density at radius 2 is 2.00 bits per heavy atom. The second kappa shape index (κ2) is 8.81. The normalized spacial score (nSPS) is 12.6. The Labute approximate surface area is 130 Å². The van der Waals surface area contributed by atoms with E-state index in [0.717, 1.165) is 17.5 Å². The summed E-state index contributed by atoms with van der Waals surface area (Å²) in [6.45, 7) is 5.83. The number of hydrogen-bond donors (Lipinski definition) is 2. The average Bonchev–Trinajstić information content (AvgIpc) is 2.51. The number of carbonyl (C=O) groups is 2. The highest BCUT2D eigenvalue weighted by Gasteiger charge is 2.21. The van der Waals surface area contributed by atoms with Crippen LogP contribution in [-0.4, -0.2) is 24.3 Å². The number of nitrogens with zero attached hydrogens (tertiary/aromatic N) is 1. The molecule has 0 spiro atoms. The number of carbonyl (C=O) groups excluding carboxylic acids is 2. The van der Waals surface area contributed by atoms with Crippen molar-refractivity contribution in [3.05, 3.63) is 35.4 Å². The van der Waals surface area contributed by atoms with Crippen molar-refractivity contribution in [1.82, 2.24) is 5.43 Å². The number of amides is 1. The van der Waals surface area contributed by atoms with Crippen LogP contribution in [-0.2, 0) is 14.3 Å². The molecule has 0 bridgehead atoms. The average molecular weight is 305 g/mol. The molecule has 0 radical (unpaired) electrons. The summed E-state index contributed by atoms with van der Waals surface area (Å²) >= 11 is 0. The molecular formula is C16H23N3O3. The Morgan fingerprint density at radius 3 is 2.59 bits per heavy atom. The highest BCUT2D eigenvalue weighted by Crippen LogP contribution is 2.24. The lowest BCUT2D eigenvalue weighted by Gasteiger charge is -2.17. The minimum absolute atomic E-state index is 0.199. The summed E-state index contributed by atoms with van der Waals surface area (Å²) in [4.78, 5) is 23.7. The number of hydrogen-bond acceptors (Lipinski definition) is 4. The highest BCUT2D eigenvalue weighted by atomic mass is 16.5. The SMILES string of the molecule is CCCC(C(=O)N/N=C(\N)C(=O)OCC)c1ccccc1C. The molecule has 1 unspecified atom stereocenters. The van der Waals surface area contributed by atoms with E-state index >= 15 is 0 Å². The molecule has 0 aliphatic carbocycles. The maximum Gasteiger partial charge on any atom is 0.375 e. The van der Waals surface area contributed by atoms with Gasteiger partial charge in [-0.2, -0.15) is 0 Å². The van der Waals surface area contributed by atoms with Gasteiger partial charge in [-0.25, -0.2) is 10.2 Å².